The van der Waals surface area contributed by atoms with Crippen LogP contribution < -0.4 is 4.74 Å². The minimum Gasteiger partial charge on any atom is -0.492 e. The van der Waals surface area contributed by atoms with Crippen LogP contribution in [0.4, 0.5) is 0 Å². The van der Waals surface area contributed by atoms with Crippen LogP contribution in [0.15, 0.2) is 84.9 Å². The van der Waals surface area contributed by atoms with Crippen LogP contribution in [0.2, 0.25) is 0 Å². The fourth-order valence-corrected chi connectivity index (χ4v) is 4.25. The molecule has 0 aliphatic heterocycles. The quantitative estimate of drug-likeness (QED) is 0.109. The van der Waals surface area contributed by atoms with Crippen molar-refractivity contribution in [1.82, 2.24) is 4.90 Å². The number of likely N-dealkylation sites (N-methyl/N-ethyl adjacent to an activating group) is 1. The van der Waals surface area contributed by atoms with Crippen molar-refractivity contribution >= 4 is 29.2 Å². The number of ether oxygens (including phenoxy) is 1. The molecule has 3 aromatic rings. The summed E-state index contributed by atoms with van der Waals surface area (Å²) < 4.78 is 5.88. The molecule has 0 spiro atoms. The Morgan fingerprint density at radius 1 is 0.773 bits per heavy atom. The van der Waals surface area contributed by atoms with Gasteiger partial charge >= 0.3 is 17.9 Å². The Morgan fingerprint density at radius 3 is 1.64 bits per heavy atom. The van der Waals surface area contributed by atoms with Gasteiger partial charge in [-0.25, -0.2) is 4.79 Å². The molecule has 0 amide bonds. The Bertz CT molecular complexity index is 1400. The number of rotatable bonds is 15. The van der Waals surface area contributed by atoms with E-state index in [-0.39, 0.29) is 10.6 Å². The highest BCUT2D eigenvalue weighted by molar-refractivity contribution is 5.95. The Morgan fingerprint density at radius 2 is 1.23 bits per heavy atom. The standard InChI is InChI=1S/C26H28N2O3.C6H8O7/c1-3-27(4-2)19-20-31-24-17-15-22(16-18-24)25(21-11-7-5-8-12-21)26(28(29)30)23-13-9-6-10-14-23;7-3(8)1-6(13,5(11)12)2-4(9)10/h5-18H,3-4,19-20H2,1-2H3;13H,1-2H2,(H,7,8)(H,9,10)(H,11,12)/b26-25-;. The van der Waals surface area contributed by atoms with Gasteiger partial charge in [-0.1, -0.05) is 74.5 Å². The summed E-state index contributed by atoms with van der Waals surface area (Å²) in [6.45, 7) is 7.72. The summed E-state index contributed by atoms with van der Waals surface area (Å²) in [7, 11) is 0. The maximum Gasteiger partial charge on any atom is 0.336 e. The van der Waals surface area contributed by atoms with Gasteiger partial charge in [-0.2, -0.15) is 0 Å². The van der Waals surface area contributed by atoms with E-state index in [1.807, 2.05) is 72.8 Å². The number of nitrogens with zero attached hydrogens (tertiary/aromatic N) is 2. The third-order valence-corrected chi connectivity index (χ3v) is 6.53. The van der Waals surface area contributed by atoms with E-state index in [1.165, 1.54) is 0 Å². The van der Waals surface area contributed by atoms with Gasteiger partial charge in [0.05, 0.1) is 28.9 Å². The molecule has 0 saturated heterocycles. The van der Waals surface area contributed by atoms with Crippen molar-refractivity contribution in [3.05, 3.63) is 112 Å². The molecule has 44 heavy (non-hydrogen) atoms. The molecule has 4 N–H and O–H groups in total. The van der Waals surface area contributed by atoms with Gasteiger partial charge in [0.2, 0.25) is 0 Å². The van der Waals surface area contributed by atoms with Crippen LogP contribution in [0.3, 0.4) is 0 Å². The molecule has 12 nitrogen and oxygen atoms in total. The molecule has 0 aromatic heterocycles. The molecule has 0 aliphatic rings. The lowest BCUT2D eigenvalue weighted by Gasteiger charge is -2.18. The molecule has 0 aliphatic carbocycles. The van der Waals surface area contributed by atoms with Crippen LogP contribution in [-0.2, 0) is 14.4 Å². The number of hydrogen-bond acceptors (Lipinski definition) is 8. The summed E-state index contributed by atoms with van der Waals surface area (Å²) in [4.78, 5) is 44.6. The number of hydrogen-bond donors (Lipinski definition) is 4. The highest BCUT2D eigenvalue weighted by Crippen LogP contribution is 2.33. The van der Waals surface area contributed by atoms with Gasteiger partial charge in [0.25, 0.3) is 5.70 Å². The van der Waals surface area contributed by atoms with Crippen molar-refractivity contribution in [3.63, 3.8) is 0 Å². The second kappa shape index (κ2) is 17.1. The summed E-state index contributed by atoms with van der Waals surface area (Å²) in [5.41, 5.74) is 0.0861. The fraction of sp³-hybridized carbons (Fsp3) is 0.281. The zero-order valence-corrected chi connectivity index (χ0v) is 24.5. The normalized spacial score (nSPS) is 11.5. The van der Waals surface area contributed by atoms with Gasteiger partial charge in [0, 0.05) is 6.54 Å². The minimum absolute atomic E-state index is 0.0852. The van der Waals surface area contributed by atoms with Crippen molar-refractivity contribution < 1.29 is 44.5 Å². The number of carbonyl (C=O) groups is 3. The van der Waals surface area contributed by atoms with Gasteiger partial charge in [-0.3, -0.25) is 19.7 Å². The first-order valence-electron chi connectivity index (χ1n) is 13.8. The van der Waals surface area contributed by atoms with Crippen molar-refractivity contribution in [3.8, 4) is 5.75 Å². The third-order valence-electron chi connectivity index (χ3n) is 6.53. The first-order chi connectivity index (χ1) is 20.9. The van der Waals surface area contributed by atoms with E-state index in [4.69, 9.17) is 25.2 Å². The fourth-order valence-electron chi connectivity index (χ4n) is 4.25. The molecule has 0 radical (unpaired) electrons. The van der Waals surface area contributed by atoms with E-state index < -0.39 is 36.4 Å². The second-order valence-corrected chi connectivity index (χ2v) is 9.59. The molecule has 3 aromatic carbocycles. The predicted molar refractivity (Wildman–Crippen MR) is 163 cm³/mol. The van der Waals surface area contributed by atoms with Crippen molar-refractivity contribution in [2.75, 3.05) is 26.2 Å². The summed E-state index contributed by atoms with van der Waals surface area (Å²) in [5.74, 6) is -4.26. The SMILES string of the molecule is CCN(CC)CCOc1ccc(/C(=C(/c2ccccc2)[N+](=O)[O-])c2ccccc2)cc1.O=C(O)CC(O)(CC(=O)O)C(=O)O. The third kappa shape index (κ3) is 10.6. The Hall–Kier alpha value is -5.07. The molecule has 234 valence electrons. The van der Waals surface area contributed by atoms with Gasteiger partial charge in [-0.05, 0) is 48.5 Å². The number of aliphatic hydroxyl groups is 1. The number of nitro groups is 1. The highest BCUT2D eigenvalue weighted by Gasteiger charge is 2.40. The van der Waals surface area contributed by atoms with E-state index in [0.29, 0.717) is 17.7 Å². The zero-order chi connectivity index (χ0) is 32.7. The maximum atomic E-state index is 12.1. The summed E-state index contributed by atoms with van der Waals surface area (Å²) in [6.07, 6.45) is -2.29. The zero-order valence-electron chi connectivity index (χ0n) is 24.5. The molecule has 12 heteroatoms. The van der Waals surface area contributed by atoms with E-state index in [1.54, 1.807) is 12.1 Å². The second-order valence-electron chi connectivity index (χ2n) is 9.59. The number of benzene rings is 3. The average Bonchev–Trinajstić information content (AvgIpc) is 2.98. The van der Waals surface area contributed by atoms with Crippen molar-refractivity contribution in [2.45, 2.75) is 32.3 Å². The predicted octanol–water partition coefficient (Wildman–Crippen LogP) is 4.35. The van der Waals surface area contributed by atoms with Crippen LogP contribution >= 0.6 is 0 Å². The van der Waals surface area contributed by atoms with Gasteiger partial charge in [-0.15, -0.1) is 0 Å². The monoisotopic (exact) mass is 608 g/mol. The van der Waals surface area contributed by atoms with E-state index >= 15 is 0 Å². The molecule has 0 saturated carbocycles. The van der Waals surface area contributed by atoms with E-state index in [2.05, 4.69) is 18.7 Å². The maximum absolute atomic E-state index is 12.1. The van der Waals surface area contributed by atoms with Crippen LogP contribution in [-0.4, -0.2) is 80.0 Å². The molecule has 0 atom stereocenters. The summed E-state index contributed by atoms with van der Waals surface area (Å²) in [6, 6.07) is 26.0. The van der Waals surface area contributed by atoms with E-state index in [9.17, 15) is 24.5 Å². The van der Waals surface area contributed by atoms with Crippen LogP contribution in [0.5, 0.6) is 5.75 Å². The Kier molecular flexibility index (Phi) is 13.7. The highest BCUT2D eigenvalue weighted by atomic mass is 16.6. The first-order valence-corrected chi connectivity index (χ1v) is 13.8. The minimum atomic E-state index is -2.74. The largest absolute Gasteiger partial charge is 0.492 e. The molecular formula is C32H36N2O10. The topological polar surface area (TPSA) is 188 Å². The van der Waals surface area contributed by atoms with Crippen LogP contribution in [0.1, 0.15) is 43.4 Å². The van der Waals surface area contributed by atoms with Crippen LogP contribution in [0.25, 0.3) is 11.3 Å². The molecule has 0 bridgehead atoms. The molecule has 3 rings (SSSR count). The van der Waals surface area contributed by atoms with E-state index in [0.717, 1.165) is 36.5 Å². The van der Waals surface area contributed by atoms with Gasteiger partial charge in [0.15, 0.2) is 5.60 Å². The number of aliphatic carboxylic acids is 3. The number of carboxylic acids is 3. The Labute approximate surface area is 254 Å². The summed E-state index contributed by atoms with van der Waals surface area (Å²) >= 11 is 0. The molecular weight excluding hydrogens is 572 g/mol. The van der Waals surface area contributed by atoms with Crippen LogP contribution in [0, 0.1) is 10.1 Å². The number of carboxylic acid groups (broad SMARTS) is 3. The lowest BCUT2D eigenvalue weighted by molar-refractivity contribution is -0.374. The lowest BCUT2D eigenvalue weighted by atomic mass is 9.93. The summed E-state index contributed by atoms with van der Waals surface area (Å²) in [5, 5.41) is 45.9. The average molecular weight is 609 g/mol. The Balaban J connectivity index is 0.000000439. The molecule has 0 heterocycles. The molecule has 0 unspecified atom stereocenters. The smallest absolute Gasteiger partial charge is 0.336 e. The van der Waals surface area contributed by atoms with Crippen molar-refractivity contribution in [1.29, 1.82) is 0 Å². The van der Waals surface area contributed by atoms with Crippen molar-refractivity contribution in [2.24, 2.45) is 0 Å². The van der Waals surface area contributed by atoms with Gasteiger partial charge < -0.3 is 30.1 Å². The first kappa shape index (κ1) is 35.1. The van der Waals surface area contributed by atoms with Gasteiger partial charge in [0.1, 0.15) is 12.4 Å². The lowest BCUT2D eigenvalue weighted by Crippen LogP contribution is -2.42. The molecule has 0 fully saturated rings.